The fourth-order valence-corrected chi connectivity index (χ4v) is 1.50. The van der Waals surface area contributed by atoms with Crippen LogP contribution < -0.4 is 4.74 Å². The van der Waals surface area contributed by atoms with E-state index in [2.05, 4.69) is 6.58 Å². The number of phenolic OH excluding ortho intramolecular Hbond substituents is 1. The second-order valence-corrected chi connectivity index (χ2v) is 3.52. The average Bonchev–Trinajstić information content (AvgIpc) is 2.35. The number of nitrogens with zero attached hydrogens (tertiary/aromatic N) is 1. The number of rotatable bonds is 5. The van der Waals surface area contributed by atoms with E-state index in [1.807, 2.05) is 6.92 Å². The Hall–Kier alpha value is -1.97. The standard InChI is InChI=1S/C13H17NO3/c1-4-8-14(5-2)13(16)11-7-6-10(17-3)9-12(11)15/h4,6-7,9,15H,1,5,8H2,2-3H3. The highest BCUT2D eigenvalue weighted by atomic mass is 16.5. The van der Waals surface area contributed by atoms with Gasteiger partial charge in [-0.25, -0.2) is 0 Å². The number of methoxy groups -OCH3 is 1. The average molecular weight is 235 g/mol. The van der Waals surface area contributed by atoms with E-state index in [0.29, 0.717) is 18.8 Å². The predicted molar refractivity (Wildman–Crippen MR) is 66.4 cm³/mol. The van der Waals surface area contributed by atoms with E-state index in [9.17, 15) is 9.90 Å². The van der Waals surface area contributed by atoms with E-state index in [-0.39, 0.29) is 17.2 Å². The molecule has 1 rings (SSSR count). The van der Waals surface area contributed by atoms with Gasteiger partial charge in [0.2, 0.25) is 0 Å². The van der Waals surface area contributed by atoms with Gasteiger partial charge in [-0.2, -0.15) is 0 Å². The molecule has 0 spiro atoms. The van der Waals surface area contributed by atoms with Crippen molar-refractivity contribution < 1.29 is 14.6 Å². The van der Waals surface area contributed by atoms with Gasteiger partial charge in [-0.1, -0.05) is 6.08 Å². The smallest absolute Gasteiger partial charge is 0.257 e. The van der Waals surface area contributed by atoms with Crippen molar-refractivity contribution in [2.75, 3.05) is 20.2 Å². The Kier molecular flexibility index (Phi) is 4.57. The lowest BCUT2D eigenvalue weighted by atomic mass is 10.1. The van der Waals surface area contributed by atoms with Crippen LogP contribution in [0.25, 0.3) is 0 Å². The summed E-state index contributed by atoms with van der Waals surface area (Å²) >= 11 is 0. The zero-order valence-corrected chi connectivity index (χ0v) is 10.1. The molecule has 0 bridgehead atoms. The van der Waals surface area contributed by atoms with Gasteiger partial charge >= 0.3 is 0 Å². The second-order valence-electron chi connectivity index (χ2n) is 3.52. The monoisotopic (exact) mass is 235 g/mol. The molecule has 0 unspecified atom stereocenters. The predicted octanol–water partition coefficient (Wildman–Crippen LogP) is 2.05. The number of carbonyl (C=O) groups excluding carboxylic acids is 1. The van der Waals surface area contributed by atoms with E-state index in [1.54, 1.807) is 23.1 Å². The summed E-state index contributed by atoms with van der Waals surface area (Å²) in [5.41, 5.74) is 0.273. The largest absolute Gasteiger partial charge is 0.507 e. The molecule has 0 saturated carbocycles. The highest BCUT2D eigenvalue weighted by Crippen LogP contribution is 2.24. The summed E-state index contributed by atoms with van der Waals surface area (Å²) in [4.78, 5) is 13.7. The molecular weight excluding hydrogens is 218 g/mol. The van der Waals surface area contributed by atoms with Gasteiger partial charge in [-0.15, -0.1) is 6.58 Å². The Morgan fingerprint density at radius 3 is 2.76 bits per heavy atom. The normalized spacial score (nSPS) is 9.76. The summed E-state index contributed by atoms with van der Waals surface area (Å²) in [6.07, 6.45) is 1.65. The van der Waals surface area contributed by atoms with Gasteiger partial charge in [0.25, 0.3) is 5.91 Å². The zero-order chi connectivity index (χ0) is 12.8. The maximum Gasteiger partial charge on any atom is 0.257 e. The summed E-state index contributed by atoms with van der Waals surface area (Å²) < 4.78 is 4.96. The molecule has 0 saturated heterocycles. The van der Waals surface area contributed by atoms with E-state index >= 15 is 0 Å². The molecular formula is C13H17NO3. The van der Waals surface area contributed by atoms with Crippen molar-refractivity contribution >= 4 is 5.91 Å². The van der Waals surface area contributed by atoms with Crippen molar-refractivity contribution in [1.82, 2.24) is 4.90 Å². The number of hydrogen-bond acceptors (Lipinski definition) is 3. The van der Waals surface area contributed by atoms with E-state index < -0.39 is 0 Å². The first-order valence-electron chi connectivity index (χ1n) is 5.41. The van der Waals surface area contributed by atoms with Gasteiger partial charge in [0.05, 0.1) is 12.7 Å². The summed E-state index contributed by atoms with van der Waals surface area (Å²) in [5.74, 6) is 0.232. The van der Waals surface area contributed by atoms with Crippen LogP contribution in [0.15, 0.2) is 30.9 Å². The van der Waals surface area contributed by atoms with Gasteiger partial charge < -0.3 is 14.7 Å². The number of likely N-dealkylation sites (N-methyl/N-ethyl adjacent to an activating group) is 1. The van der Waals surface area contributed by atoms with Crippen molar-refractivity contribution in [3.8, 4) is 11.5 Å². The number of carbonyl (C=O) groups is 1. The molecule has 1 aromatic rings. The minimum Gasteiger partial charge on any atom is -0.507 e. The first-order valence-corrected chi connectivity index (χ1v) is 5.41. The summed E-state index contributed by atoms with van der Waals surface area (Å²) in [7, 11) is 1.51. The minimum absolute atomic E-state index is 0.0723. The van der Waals surface area contributed by atoms with Crippen LogP contribution in [0.5, 0.6) is 11.5 Å². The van der Waals surface area contributed by atoms with Gasteiger partial charge in [-0.05, 0) is 19.1 Å². The molecule has 1 N–H and O–H groups in total. The number of ether oxygens (including phenoxy) is 1. The number of hydrogen-bond donors (Lipinski definition) is 1. The third-order valence-corrected chi connectivity index (χ3v) is 2.45. The Bertz CT molecular complexity index is 415. The first kappa shape index (κ1) is 13.1. The number of phenols is 1. The molecule has 92 valence electrons. The molecule has 1 aromatic carbocycles. The van der Waals surface area contributed by atoms with Gasteiger partial charge in [0, 0.05) is 19.2 Å². The summed E-state index contributed by atoms with van der Waals surface area (Å²) in [6.45, 7) is 6.50. The fourth-order valence-electron chi connectivity index (χ4n) is 1.50. The van der Waals surface area contributed by atoms with E-state index in [4.69, 9.17) is 4.74 Å². The van der Waals surface area contributed by atoms with Crippen molar-refractivity contribution in [3.63, 3.8) is 0 Å². The molecule has 1 amide bonds. The Morgan fingerprint density at radius 1 is 1.59 bits per heavy atom. The molecule has 4 nitrogen and oxygen atoms in total. The number of benzene rings is 1. The molecule has 0 fully saturated rings. The SMILES string of the molecule is C=CCN(CC)C(=O)c1ccc(OC)cc1O. The highest BCUT2D eigenvalue weighted by molar-refractivity contribution is 5.97. The molecule has 0 heterocycles. The third-order valence-electron chi connectivity index (χ3n) is 2.45. The second kappa shape index (κ2) is 5.94. The lowest BCUT2D eigenvalue weighted by Crippen LogP contribution is -2.30. The molecule has 17 heavy (non-hydrogen) atoms. The van der Waals surface area contributed by atoms with Crippen LogP contribution >= 0.6 is 0 Å². The summed E-state index contributed by atoms with van der Waals surface area (Å²) in [6, 6.07) is 4.63. The van der Waals surface area contributed by atoms with Gasteiger partial charge in [0.1, 0.15) is 11.5 Å². The molecule has 4 heteroatoms. The van der Waals surface area contributed by atoms with E-state index in [1.165, 1.54) is 13.2 Å². The number of aromatic hydroxyl groups is 1. The molecule has 0 aliphatic heterocycles. The fraction of sp³-hybridized carbons (Fsp3) is 0.308. The van der Waals surface area contributed by atoms with Crippen LogP contribution in [0.2, 0.25) is 0 Å². The zero-order valence-electron chi connectivity index (χ0n) is 10.1. The van der Waals surface area contributed by atoms with Crippen LogP contribution in [0, 0.1) is 0 Å². The molecule has 0 radical (unpaired) electrons. The minimum atomic E-state index is -0.215. The number of amides is 1. The van der Waals surface area contributed by atoms with Crippen LogP contribution in [0.1, 0.15) is 17.3 Å². The Labute approximate surface area is 101 Å². The van der Waals surface area contributed by atoms with Crippen LogP contribution in [0.3, 0.4) is 0 Å². The highest BCUT2D eigenvalue weighted by Gasteiger charge is 2.16. The van der Waals surface area contributed by atoms with Crippen molar-refractivity contribution in [3.05, 3.63) is 36.4 Å². The van der Waals surface area contributed by atoms with Crippen LogP contribution in [0.4, 0.5) is 0 Å². The lowest BCUT2D eigenvalue weighted by molar-refractivity contribution is 0.0779. The topological polar surface area (TPSA) is 49.8 Å². The van der Waals surface area contributed by atoms with Gasteiger partial charge in [0.15, 0.2) is 0 Å². The van der Waals surface area contributed by atoms with Crippen molar-refractivity contribution in [2.45, 2.75) is 6.92 Å². The molecule has 0 aliphatic rings. The Balaban J connectivity index is 2.98. The lowest BCUT2D eigenvalue weighted by Gasteiger charge is -2.19. The van der Waals surface area contributed by atoms with Crippen LogP contribution in [-0.2, 0) is 0 Å². The molecule has 0 atom stereocenters. The van der Waals surface area contributed by atoms with Crippen molar-refractivity contribution in [1.29, 1.82) is 0 Å². The quantitative estimate of drug-likeness (QED) is 0.795. The van der Waals surface area contributed by atoms with E-state index in [0.717, 1.165) is 0 Å². The van der Waals surface area contributed by atoms with Crippen LogP contribution in [-0.4, -0.2) is 36.1 Å². The summed E-state index contributed by atoms with van der Waals surface area (Å²) in [5, 5.41) is 9.75. The van der Waals surface area contributed by atoms with Gasteiger partial charge in [-0.3, -0.25) is 4.79 Å². The third kappa shape index (κ3) is 3.00. The van der Waals surface area contributed by atoms with Crippen molar-refractivity contribution in [2.24, 2.45) is 0 Å². The molecule has 0 aromatic heterocycles. The maximum absolute atomic E-state index is 12.1. The molecule has 0 aliphatic carbocycles. The first-order chi connectivity index (χ1) is 8.13. The Morgan fingerprint density at radius 2 is 2.29 bits per heavy atom. The maximum atomic E-state index is 12.1.